The maximum atomic E-state index is 12.9. The average molecular weight is 448 g/mol. The number of halogens is 3. The van der Waals surface area contributed by atoms with Crippen molar-refractivity contribution in [1.29, 1.82) is 0 Å². The number of alkyl halides is 3. The summed E-state index contributed by atoms with van der Waals surface area (Å²) in [6.45, 7) is 0. The lowest BCUT2D eigenvalue weighted by atomic mass is 10.1. The minimum absolute atomic E-state index is 0.132. The maximum absolute atomic E-state index is 12.9. The van der Waals surface area contributed by atoms with Crippen LogP contribution < -0.4 is 10.5 Å². The van der Waals surface area contributed by atoms with Gasteiger partial charge in [-0.25, -0.2) is 12.9 Å². The molecule has 3 N–H and O–H groups in total. The molecule has 31 heavy (non-hydrogen) atoms. The van der Waals surface area contributed by atoms with Crippen LogP contribution in [0.15, 0.2) is 66.0 Å². The molecule has 3 aromatic heterocycles. The first-order valence-electron chi connectivity index (χ1n) is 8.85. The Morgan fingerprint density at radius 3 is 2.65 bits per heavy atom. The number of nitrogens with zero attached hydrogens (tertiary/aromatic N) is 4. The maximum Gasteiger partial charge on any atom is 0.416 e. The number of hydrogen-bond donors (Lipinski definition) is 2. The molecule has 0 aliphatic rings. The van der Waals surface area contributed by atoms with Gasteiger partial charge in [0.25, 0.3) is 10.0 Å². The Balaban J connectivity index is 1.57. The molecular weight excluding hydrogens is 433 g/mol. The highest BCUT2D eigenvalue weighted by Crippen LogP contribution is 2.31. The van der Waals surface area contributed by atoms with Crippen LogP contribution in [0.5, 0.6) is 0 Å². The number of benzene rings is 1. The second-order valence-electron chi connectivity index (χ2n) is 6.70. The Morgan fingerprint density at radius 1 is 1.06 bits per heavy atom. The van der Waals surface area contributed by atoms with Crippen LogP contribution in [0.3, 0.4) is 0 Å². The number of aromatic nitrogens is 4. The van der Waals surface area contributed by atoms with Gasteiger partial charge in [0, 0.05) is 30.7 Å². The summed E-state index contributed by atoms with van der Waals surface area (Å²) in [6.07, 6.45) is 0.0963. The minimum atomic E-state index is -4.58. The lowest BCUT2D eigenvalue weighted by molar-refractivity contribution is -0.137. The van der Waals surface area contributed by atoms with Crippen LogP contribution in [-0.2, 0) is 22.6 Å². The summed E-state index contributed by atoms with van der Waals surface area (Å²) in [5, 5.41) is 4.03. The number of anilines is 2. The third-order valence-corrected chi connectivity index (χ3v) is 5.69. The SMILES string of the molecule is Nc1nc2ccc(Cc3cncc(S(=O)(=O)Nc4cccc(C(F)(F)F)c4)c3)cn2n1. The summed E-state index contributed by atoms with van der Waals surface area (Å²) < 4.78 is 67.7. The van der Waals surface area contributed by atoms with E-state index in [1.165, 1.54) is 22.8 Å². The van der Waals surface area contributed by atoms with Crippen molar-refractivity contribution in [2.24, 2.45) is 0 Å². The number of rotatable bonds is 5. The lowest BCUT2D eigenvalue weighted by Crippen LogP contribution is -2.14. The molecule has 0 fully saturated rings. The summed E-state index contributed by atoms with van der Waals surface area (Å²) in [7, 11) is -4.15. The molecule has 0 amide bonds. The van der Waals surface area contributed by atoms with Crippen LogP contribution in [-0.4, -0.2) is 28.0 Å². The molecule has 0 bridgehead atoms. The first kappa shape index (κ1) is 20.6. The molecular formula is C19H15F3N6O2S. The van der Waals surface area contributed by atoms with Crippen LogP contribution >= 0.6 is 0 Å². The zero-order valence-corrected chi connectivity index (χ0v) is 16.5. The van der Waals surface area contributed by atoms with Crippen LogP contribution in [0.2, 0.25) is 0 Å². The summed E-state index contributed by atoms with van der Waals surface area (Å²) in [6, 6.07) is 8.88. The second-order valence-corrected chi connectivity index (χ2v) is 8.38. The Hall–Kier alpha value is -3.67. The second kappa shape index (κ2) is 7.54. The molecule has 160 valence electrons. The third kappa shape index (κ3) is 4.58. The predicted octanol–water partition coefficient (Wildman–Crippen LogP) is 3.12. The fourth-order valence-corrected chi connectivity index (χ4v) is 4.02. The molecule has 0 spiro atoms. The van der Waals surface area contributed by atoms with Crippen molar-refractivity contribution in [1.82, 2.24) is 19.6 Å². The van der Waals surface area contributed by atoms with Gasteiger partial charge >= 0.3 is 6.18 Å². The minimum Gasteiger partial charge on any atom is -0.366 e. The standard InChI is InChI=1S/C19H15F3N6O2S/c20-19(21,22)14-2-1-3-15(8-14)27-31(29,30)16-7-13(9-24-10-16)6-12-4-5-17-25-18(23)26-28(17)11-12/h1-5,7-11,27H,6H2,(H2,23,26). The summed E-state index contributed by atoms with van der Waals surface area (Å²) >= 11 is 0. The molecule has 0 radical (unpaired) electrons. The number of nitrogen functional groups attached to an aromatic ring is 1. The van der Waals surface area contributed by atoms with Crippen molar-refractivity contribution < 1.29 is 21.6 Å². The van der Waals surface area contributed by atoms with E-state index in [4.69, 9.17) is 5.73 Å². The number of fused-ring (bicyclic) bond motifs is 1. The van der Waals surface area contributed by atoms with Crippen molar-refractivity contribution in [3.63, 3.8) is 0 Å². The van der Waals surface area contributed by atoms with Gasteiger partial charge in [0.2, 0.25) is 5.95 Å². The van der Waals surface area contributed by atoms with Crippen molar-refractivity contribution >= 4 is 27.3 Å². The molecule has 0 saturated carbocycles. The summed E-state index contributed by atoms with van der Waals surface area (Å²) in [5.74, 6) is 0.132. The van der Waals surface area contributed by atoms with Crippen molar-refractivity contribution in [2.75, 3.05) is 10.5 Å². The van der Waals surface area contributed by atoms with Gasteiger partial charge < -0.3 is 5.73 Å². The first-order chi connectivity index (χ1) is 14.6. The molecule has 4 rings (SSSR count). The third-order valence-electron chi connectivity index (χ3n) is 4.34. The molecule has 8 nitrogen and oxygen atoms in total. The van der Waals surface area contributed by atoms with Crippen molar-refractivity contribution in [2.45, 2.75) is 17.5 Å². The fraction of sp³-hybridized carbons (Fsp3) is 0.105. The Labute approximate surface area is 174 Å². The van der Waals surface area contributed by atoms with E-state index in [-0.39, 0.29) is 16.5 Å². The van der Waals surface area contributed by atoms with Crippen LogP contribution in [0.25, 0.3) is 5.65 Å². The molecule has 12 heteroatoms. The molecule has 0 atom stereocenters. The molecule has 0 aliphatic heterocycles. The smallest absolute Gasteiger partial charge is 0.366 e. The molecule has 1 aromatic carbocycles. The number of nitrogens with one attached hydrogen (secondary N) is 1. The van der Waals surface area contributed by atoms with Crippen LogP contribution in [0, 0.1) is 0 Å². The van der Waals surface area contributed by atoms with E-state index >= 15 is 0 Å². The molecule has 0 aliphatic carbocycles. The van der Waals surface area contributed by atoms with Crippen molar-refractivity contribution in [3.05, 3.63) is 77.7 Å². The van der Waals surface area contributed by atoms with Gasteiger partial charge in [0.15, 0.2) is 5.65 Å². The van der Waals surface area contributed by atoms with Gasteiger partial charge in [-0.1, -0.05) is 12.1 Å². The Morgan fingerprint density at radius 2 is 1.87 bits per heavy atom. The van der Waals surface area contributed by atoms with Gasteiger partial charge in [-0.2, -0.15) is 18.2 Å². The van der Waals surface area contributed by atoms with Crippen LogP contribution in [0.1, 0.15) is 16.7 Å². The highest BCUT2D eigenvalue weighted by molar-refractivity contribution is 7.92. The predicted molar refractivity (Wildman–Crippen MR) is 107 cm³/mol. The van der Waals surface area contributed by atoms with E-state index in [2.05, 4.69) is 19.8 Å². The highest BCUT2D eigenvalue weighted by atomic mass is 32.2. The quantitative estimate of drug-likeness (QED) is 0.485. The molecule has 0 saturated heterocycles. The van der Waals surface area contributed by atoms with Gasteiger partial charge in [0.1, 0.15) is 4.90 Å². The van der Waals surface area contributed by atoms with Gasteiger partial charge in [-0.3, -0.25) is 9.71 Å². The zero-order chi connectivity index (χ0) is 22.2. The largest absolute Gasteiger partial charge is 0.416 e. The first-order valence-corrected chi connectivity index (χ1v) is 10.3. The molecule has 3 heterocycles. The highest BCUT2D eigenvalue weighted by Gasteiger charge is 2.30. The van der Waals surface area contributed by atoms with E-state index < -0.39 is 21.8 Å². The Kier molecular flexibility index (Phi) is 5.01. The normalized spacial score (nSPS) is 12.2. The zero-order valence-electron chi connectivity index (χ0n) is 15.7. The van der Waals surface area contributed by atoms with Crippen molar-refractivity contribution in [3.8, 4) is 0 Å². The number of sulfonamides is 1. The number of pyridine rings is 2. The van der Waals surface area contributed by atoms with E-state index in [0.717, 1.165) is 30.0 Å². The van der Waals surface area contributed by atoms with Crippen LogP contribution in [0.4, 0.5) is 24.8 Å². The van der Waals surface area contributed by atoms with Gasteiger partial charge in [0.05, 0.1) is 5.56 Å². The van der Waals surface area contributed by atoms with E-state index in [1.807, 2.05) is 0 Å². The van der Waals surface area contributed by atoms with E-state index in [9.17, 15) is 21.6 Å². The van der Waals surface area contributed by atoms with Gasteiger partial charge in [-0.05, 0) is 41.5 Å². The lowest BCUT2D eigenvalue weighted by Gasteiger charge is -2.12. The Bertz CT molecular complexity index is 1370. The topological polar surface area (TPSA) is 115 Å². The van der Waals surface area contributed by atoms with E-state index in [0.29, 0.717) is 17.6 Å². The average Bonchev–Trinajstić information content (AvgIpc) is 3.07. The fourth-order valence-electron chi connectivity index (χ4n) is 2.96. The van der Waals surface area contributed by atoms with E-state index in [1.54, 1.807) is 18.3 Å². The monoisotopic (exact) mass is 448 g/mol. The molecule has 0 unspecified atom stereocenters. The molecule has 4 aromatic rings. The summed E-state index contributed by atoms with van der Waals surface area (Å²) in [4.78, 5) is 7.81. The van der Waals surface area contributed by atoms with Gasteiger partial charge in [-0.15, -0.1) is 5.10 Å². The summed E-state index contributed by atoms with van der Waals surface area (Å²) in [5.41, 5.74) is 6.37. The number of hydrogen-bond acceptors (Lipinski definition) is 6. The number of nitrogens with two attached hydrogens (primary N) is 1.